The van der Waals surface area contributed by atoms with E-state index < -0.39 is 28.0 Å². The Bertz CT molecular complexity index is 986. The molecule has 2 N–H and O–H groups in total. The Morgan fingerprint density at radius 1 is 1.34 bits per heavy atom. The van der Waals surface area contributed by atoms with Gasteiger partial charge in [-0.3, -0.25) is 4.79 Å². The van der Waals surface area contributed by atoms with E-state index in [0.717, 1.165) is 11.7 Å². The maximum Gasteiger partial charge on any atom is 0.326 e. The van der Waals surface area contributed by atoms with Gasteiger partial charge in [0.05, 0.1) is 11.7 Å². The summed E-state index contributed by atoms with van der Waals surface area (Å²) >= 11 is 2.48. The van der Waals surface area contributed by atoms with Crippen LogP contribution in [0.25, 0.3) is 11.0 Å². The molecular weight excluding hydrogens is 436 g/mol. The van der Waals surface area contributed by atoms with Crippen molar-refractivity contribution < 1.29 is 23.1 Å². The molecule has 0 bridgehead atoms. The van der Waals surface area contributed by atoms with E-state index in [0.29, 0.717) is 36.0 Å². The number of piperidine rings is 1. The molecule has 0 unspecified atom stereocenters. The van der Waals surface area contributed by atoms with Crippen molar-refractivity contribution in [3.05, 3.63) is 18.2 Å². The highest BCUT2D eigenvalue weighted by molar-refractivity contribution is 7.98. The molecule has 1 fully saturated rings. The molecule has 2 heterocycles. The number of fused-ring (bicyclic) bond motifs is 1. The lowest BCUT2D eigenvalue weighted by Gasteiger charge is -2.31. The largest absolute Gasteiger partial charge is 0.480 e. The van der Waals surface area contributed by atoms with Gasteiger partial charge in [-0.15, -0.1) is 0 Å². The fourth-order valence-electron chi connectivity index (χ4n) is 3.27. The second-order valence-corrected chi connectivity index (χ2v) is 10.2. The zero-order valence-electron chi connectivity index (χ0n) is 15.8. The topological polar surface area (TPSA) is 130 Å². The molecule has 1 amide bonds. The first-order valence-corrected chi connectivity index (χ1v) is 12.6. The highest BCUT2D eigenvalue weighted by Gasteiger charge is 2.34. The number of hydrogen-bond donors (Lipinski definition) is 2. The number of aliphatic carboxylic acids is 1. The van der Waals surface area contributed by atoms with Gasteiger partial charge in [-0.25, -0.2) is 13.2 Å². The van der Waals surface area contributed by atoms with Gasteiger partial charge in [0.25, 0.3) is 0 Å². The number of sulfonamides is 1. The summed E-state index contributed by atoms with van der Waals surface area (Å²) in [6.07, 6.45) is 2.90. The zero-order valence-corrected chi connectivity index (χ0v) is 18.2. The molecule has 12 heteroatoms. The lowest BCUT2D eigenvalue weighted by atomic mass is 9.96. The minimum absolute atomic E-state index is 0.120. The fraction of sp³-hybridized carbons (Fsp3) is 0.529. The third-order valence-corrected chi connectivity index (χ3v) is 8.03. The van der Waals surface area contributed by atoms with Crippen LogP contribution in [0.1, 0.15) is 19.3 Å². The van der Waals surface area contributed by atoms with Gasteiger partial charge in [-0.2, -0.15) is 24.8 Å². The number of nitrogens with zero attached hydrogens (tertiary/aromatic N) is 3. The number of rotatable bonds is 8. The molecule has 1 aromatic carbocycles. The molecule has 0 radical (unpaired) electrons. The average Bonchev–Trinajstić information content (AvgIpc) is 3.19. The van der Waals surface area contributed by atoms with Gasteiger partial charge in [0.2, 0.25) is 15.9 Å². The molecule has 1 atom stereocenters. The van der Waals surface area contributed by atoms with Crippen LogP contribution in [0.5, 0.6) is 0 Å². The second-order valence-electron chi connectivity index (χ2n) is 6.75. The van der Waals surface area contributed by atoms with Crippen molar-refractivity contribution in [3.8, 4) is 0 Å². The van der Waals surface area contributed by atoms with Crippen molar-refractivity contribution in [1.82, 2.24) is 18.4 Å². The van der Waals surface area contributed by atoms with E-state index in [-0.39, 0.29) is 23.9 Å². The van der Waals surface area contributed by atoms with Crippen molar-refractivity contribution in [3.63, 3.8) is 0 Å². The van der Waals surface area contributed by atoms with Crippen molar-refractivity contribution in [1.29, 1.82) is 0 Å². The summed E-state index contributed by atoms with van der Waals surface area (Å²) in [6, 6.07) is 3.94. The molecule has 0 spiro atoms. The van der Waals surface area contributed by atoms with Gasteiger partial charge >= 0.3 is 5.97 Å². The Balaban J connectivity index is 1.64. The lowest BCUT2D eigenvalue weighted by molar-refractivity contribution is -0.142. The van der Waals surface area contributed by atoms with Gasteiger partial charge in [0, 0.05) is 19.0 Å². The molecule has 158 valence electrons. The molecule has 1 aromatic heterocycles. The summed E-state index contributed by atoms with van der Waals surface area (Å²) in [4.78, 5) is 23.9. The van der Waals surface area contributed by atoms with Crippen molar-refractivity contribution >= 4 is 56.4 Å². The van der Waals surface area contributed by atoms with Crippen molar-refractivity contribution in [2.24, 2.45) is 5.92 Å². The normalized spacial score (nSPS) is 17.3. The number of nitrogens with one attached hydrogen (secondary N) is 1. The number of carbonyl (C=O) groups is 2. The van der Waals surface area contributed by atoms with Crippen LogP contribution in [0.15, 0.2) is 23.1 Å². The van der Waals surface area contributed by atoms with Gasteiger partial charge in [-0.05, 0) is 43.4 Å². The van der Waals surface area contributed by atoms with Crippen LogP contribution in [0.3, 0.4) is 0 Å². The van der Waals surface area contributed by atoms with Crippen LogP contribution in [0.2, 0.25) is 0 Å². The van der Waals surface area contributed by atoms with Crippen LogP contribution >= 0.6 is 23.5 Å². The number of thioether (sulfide) groups is 1. The smallest absolute Gasteiger partial charge is 0.326 e. The Morgan fingerprint density at radius 2 is 2.07 bits per heavy atom. The highest BCUT2D eigenvalue weighted by atomic mass is 32.2. The summed E-state index contributed by atoms with van der Waals surface area (Å²) in [5, 5.41) is 11.9. The predicted octanol–water partition coefficient (Wildman–Crippen LogP) is 1.41. The molecular formula is C17H22N4O5S3. The van der Waals surface area contributed by atoms with Crippen LogP contribution in [-0.4, -0.2) is 69.6 Å². The molecule has 29 heavy (non-hydrogen) atoms. The Kier molecular flexibility index (Phi) is 7.09. The van der Waals surface area contributed by atoms with E-state index in [2.05, 4.69) is 14.1 Å². The highest BCUT2D eigenvalue weighted by Crippen LogP contribution is 2.28. The lowest BCUT2D eigenvalue weighted by Crippen LogP contribution is -2.47. The summed E-state index contributed by atoms with van der Waals surface area (Å²) in [7, 11) is -3.75. The molecule has 1 aliphatic rings. The first-order valence-electron chi connectivity index (χ1n) is 9.08. The molecule has 1 saturated heterocycles. The number of benzene rings is 1. The molecule has 0 aliphatic carbocycles. The number of hydrogen-bond acceptors (Lipinski definition) is 8. The number of carboxylic acid groups (broad SMARTS) is 1. The third kappa shape index (κ3) is 4.87. The monoisotopic (exact) mass is 458 g/mol. The van der Waals surface area contributed by atoms with E-state index in [9.17, 15) is 23.1 Å². The number of carbonyl (C=O) groups excluding carboxylic acids is 1. The summed E-state index contributed by atoms with van der Waals surface area (Å²) in [6.45, 7) is 0.383. The van der Waals surface area contributed by atoms with E-state index in [1.807, 2.05) is 6.26 Å². The molecule has 2 aromatic rings. The summed E-state index contributed by atoms with van der Waals surface area (Å²) in [5.41, 5.74) is 0.894. The molecule has 3 rings (SSSR count). The first-order chi connectivity index (χ1) is 13.8. The SMILES string of the molecule is CSCC[C@H](NC(=O)C1CCN(S(=O)(=O)c2cccc3nsnc23)CC1)C(=O)O. The fourth-order valence-corrected chi connectivity index (χ4v) is 5.96. The standard InChI is InChI=1S/C17H22N4O5S3/c1-27-10-7-13(17(23)24)18-16(22)11-5-8-21(9-6-11)29(25,26)14-4-2-3-12-15(14)20-28-19-12/h2-4,11,13H,5-10H2,1H3,(H,18,22)(H,23,24)/t13-/m0/s1. The molecule has 0 saturated carbocycles. The third-order valence-electron chi connectivity index (χ3n) is 4.92. The van der Waals surface area contributed by atoms with Crippen molar-refractivity contribution in [2.75, 3.05) is 25.1 Å². The maximum absolute atomic E-state index is 13.0. The quantitative estimate of drug-likeness (QED) is 0.607. The molecule has 1 aliphatic heterocycles. The van der Waals surface area contributed by atoms with Crippen LogP contribution in [-0.2, 0) is 19.6 Å². The number of amides is 1. The summed E-state index contributed by atoms with van der Waals surface area (Å²) < 4.78 is 35.6. The van der Waals surface area contributed by atoms with Gasteiger partial charge in [-0.1, -0.05) is 6.07 Å². The molecule has 9 nitrogen and oxygen atoms in total. The van der Waals surface area contributed by atoms with Crippen LogP contribution < -0.4 is 5.32 Å². The van der Waals surface area contributed by atoms with Gasteiger partial charge < -0.3 is 10.4 Å². The average molecular weight is 459 g/mol. The van der Waals surface area contributed by atoms with Crippen molar-refractivity contribution in [2.45, 2.75) is 30.2 Å². The Morgan fingerprint density at radius 3 is 2.72 bits per heavy atom. The Hall–Kier alpha value is -1.76. The van der Waals surface area contributed by atoms with E-state index in [1.165, 1.54) is 22.1 Å². The van der Waals surface area contributed by atoms with Gasteiger partial charge in [0.1, 0.15) is 22.0 Å². The van der Waals surface area contributed by atoms with E-state index in [1.54, 1.807) is 12.1 Å². The second kappa shape index (κ2) is 9.37. The summed E-state index contributed by atoms with van der Waals surface area (Å²) in [5.74, 6) is -1.17. The Labute approximate surface area is 177 Å². The minimum atomic E-state index is -3.75. The van der Waals surface area contributed by atoms with Gasteiger partial charge in [0.15, 0.2) is 0 Å². The zero-order chi connectivity index (χ0) is 21.0. The maximum atomic E-state index is 13.0. The first kappa shape index (κ1) is 21.9. The van der Waals surface area contributed by atoms with Crippen LogP contribution in [0, 0.1) is 5.92 Å². The van der Waals surface area contributed by atoms with E-state index in [4.69, 9.17) is 0 Å². The minimum Gasteiger partial charge on any atom is -0.480 e. The number of carboxylic acids is 1. The number of aromatic nitrogens is 2. The van der Waals surface area contributed by atoms with E-state index >= 15 is 0 Å². The predicted molar refractivity (Wildman–Crippen MR) is 111 cm³/mol. The van der Waals surface area contributed by atoms with Crippen LogP contribution in [0.4, 0.5) is 0 Å².